The van der Waals surface area contributed by atoms with E-state index in [0.29, 0.717) is 31.1 Å². The molecule has 9 nitrogen and oxygen atoms in total. The Balaban J connectivity index is 1.33. The molecule has 1 aromatic carbocycles. The largest absolute Gasteiger partial charge is 0.465 e. The molecule has 0 spiro atoms. The van der Waals surface area contributed by atoms with Crippen LogP contribution in [-0.4, -0.2) is 68.8 Å². The summed E-state index contributed by atoms with van der Waals surface area (Å²) in [6.45, 7) is 3.79. The lowest BCUT2D eigenvalue weighted by Crippen LogP contribution is -2.56. The van der Waals surface area contributed by atoms with E-state index in [0.717, 1.165) is 21.9 Å². The molecular weight excluding hydrogens is 494 g/mol. The van der Waals surface area contributed by atoms with Crippen molar-refractivity contribution in [1.29, 1.82) is 0 Å². The summed E-state index contributed by atoms with van der Waals surface area (Å²) in [5.41, 5.74) is 2.37. The third-order valence-electron chi connectivity index (χ3n) is 7.51. The van der Waals surface area contributed by atoms with Gasteiger partial charge in [-0.2, -0.15) is 0 Å². The predicted molar refractivity (Wildman–Crippen MR) is 138 cm³/mol. The van der Waals surface area contributed by atoms with Crippen molar-refractivity contribution in [1.82, 2.24) is 25.4 Å². The molecule has 3 heterocycles. The molecule has 1 aliphatic carbocycles. The van der Waals surface area contributed by atoms with Gasteiger partial charge in [0.15, 0.2) is 5.82 Å². The summed E-state index contributed by atoms with van der Waals surface area (Å²) < 4.78 is 27.1. The van der Waals surface area contributed by atoms with Crippen LogP contribution < -0.4 is 10.2 Å². The summed E-state index contributed by atoms with van der Waals surface area (Å²) in [7, 11) is 0. The summed E-state index contributed by atoms with van der Waals surface area (Å²) in [6.07, 6.45) is 2.42. The van der Waals surface area contributed by atoms with Crippen LogP contribution in [0.2, 0.25) is 0 Å². The molecule has 5 rings (SSSR count). The molecule has 1 aliphatic heterocycles. The number of fused-ring (bicyclic) bond motifs is 1. The number of benzene rings is 1. The van der Waals surface area contributed by atoms with Crippen LogP contribution in [0.3, 0.4) is 0 Å². The van der Waals surface area contributed by atoms with E-state index in [9.17, 15) is 18.4 Å². The number of hydrogen-bond donors (Lipinski definition) is 2. The van der Waals surface area contributed by atoms with E-state index in [-0.39, 0.29) is 50.1 Å². The number of nitrogens with zero attached hydrogens (tertiary/aromatic N) is 5. The van der Waals surface area contributed by atoms with Gasteiger partial charge in [0.25, 0.3) is 0 Å². The number of carboxylic acid groups (broad SMARTS) is 1. The molecular formula is C27H30F2N6O3. The van der Waals surface area contributed by atoms with Gasteiger partial charge in [0.05, 0.1) is 0 Å². The number of carbonyl (C=O) groups excluding carboxylic acids is 1. The topological polar surface area (TPSA) is 112 Å². The fourth-order valence-electron chi connectivity index (χ4n) is 5.39. The number of nitrogens with one attached hydrogen (secondary N) is 1. The second kappa shape index (κ2) is 10.5. The van der Waals surface area contributed by atoms with Crippen LogP contribution in [0.15, 0.2) is 42.7 Å². The van der Waals surface area contributed by atoms with Gasteiger partial charge in [-0.25, -0.2) is 13.6 Å². The van der Waals surface area contributed by atoms with Gasteiger partial charge in [0, 0.05) is 79.7 Å². The minimum absolute atomic E-state index is 0.0254. The number of carbonyl (C=O) groups is 2. The normalized spacial score (nSPS) is 19.9. The number of rotatable bonds is 5. The average Bonchev–Trinajstić information content (AvgIpc) is 2.91. The Kier molecular flexibility index (Phi) is 7.09. The Labute approximate surface area is 218 Å². The maximum Gasteiger partial charge on any atom is 0.404 e. The van der Waals surface area contributed by atoms with E-state index < -0.39 is 12.0 Å². The van der Waals surface area contributed by atoms with Gasteiger partial charge in [-0.3, -0.25) is 9.78 Å². The van der Waals surface area contributed by atoms with Crippen LogP contribution in [0.4, 0.5) is 19.4 Å². The van der Waals surface area contributed by atoms with Crippen LogP contribution in [-0.2, 0) is 11.3 Å². The highest BCUT2D eigenvalue weighted by Gasteiger charge is 2.40. The zero-order chi connectivity index (χ0) is 26.9. The smallest absolute Gasteiger partial charge is 0.404 e. The molecule has 1 unspecified atom stereocenters. The molecule has 200 valence electrons. The Morgan fingerprint density at radius 1 is 1.08 bits per heavy atom. The molecule has 2 aliphatic rings. The van der Waals surface area contributed by atoms with E-state index in [4.69, 9.17) is 5.11 Å². The van der Waals surface area contributed by atoms with Crippen molar-refractivity contribution < 1.29 is 23.5 Å². The first-order chi connectivity index (χ1) is 18.2. The van der Waals surface area contributed by atoms with Crippen molar-refractivity contribution >= 4 is 28.6 Å². The highest BCUT2D eigenvalue weighted by Crippen LogP contribution is 2.38. The summed E-state index contributed by atoms with van der Waals surface area (Å²) in [5.74, 6) is -2.32. The lowest BCUT2D eigenvalue weighted by molar-refractivity contribution is -0.142. The molecule has 1 saturated heterocycles. The molecule has 1 atom stereocenters. The van der Waals surface area contributed by atoms with Gasteiger partial charge >= 0.3 is 6.09 Å². The van der Waals surface area contributed by atoms with Gasteiger partial charge in [0.2, 0.25) is 11.8 Å². The third-order valence-corrected chi connectivity index (χ3v) is 7.51. The van der Waals surface area contributed by atoms with E-state index in [1.807, 2.05) is 42.2 Å². The van der Waals surface area contributed by atoms with Crippen molar-refractivity contribution in [2.75, 3.05) is 24.5 Å². The van der Waals surface area contributed by atoms with Crippen molar-refractivity contribution in [2.24, 2.45) is 5.92 Å². The number of hydrogen-bond acceptors (Lipinski definition) is 6. The number of alkyl halides is 2. The second-order valence-electron chi connectivity index (χ2n) is 10.1. The molecule has 0 radical (unpaired) electrons. The fourth-order valence-corrected chi connectivity index (χ4v) is 5.39. The SMILES string of the molecule is CC1CN(c2nnc(-c3ccc(CNC(=O)O)cc3)c3ccncc23)CCN1C(=O)C1CCC(F)(F)CC1. The minimum Gasteiger partial charge on any atom is -0.465 e. The van der Waals surface area contributed by atoms with Gasteiger partial charge in [-0.05, 0) is 31.4 Å². The van der Waals surface area contributed by atoms with E-state index in [1.54, 1.807) is 12.4 Å². The standard InChI is InChI=1S/C27H30F2N6O3/c1-17-16-34(12-13-35(17)25(36)20-6-9-27(28,29)10-7-20)24-22-15-30-11-8-21(22)23(32-33-24)19-4-2-18(3-5-19)14-31-26(37)38/h2-5,8,11,15,17,20,31H,6-7,9-10,12-14,16H2,1H3,(H,37,38). The van der Waals surface area contributed by atoms with E-state index >= 15 is 0 Å². The molecule has 11 heteroatoms. The van der Waals surface area contributed by atoms with Crippen molar-refractivity contribution in [3.63, 3.8) is 0 Å². The summed E-state index contributed by atoms with van der Waals surface area (Å²) >= 11 is 0. The van der Waals surface area contributed by atoms with Crippen molar-refractivity contribution in [2.45, 2.75) is 51.1 Å². The second-order valence-corrected chi connectivity index (χ2v) is 10.1. The number of pyridine rings is 1. The molecule has 2 amide bonds. The number of anilines is 1. The monoisotopic (exact) mass is 524 g/mol. The van der Waals surface area contributed by atoms with Gasteiger partial charge in [-0.15, -0.1) is 10.2 Å². The Morgan fingerprint density at radius 3 is 2.50 bits per heavy atom. The summed E-state index contributed by atoms with van der Waals surface area (Å²) in [4.78, 5) is 32.1. The highest BCUT2D eigenvalue weighted by molar-refractivity contribution is 5.99. The van der Waals surface area contributed by atoms with Gasteiger partial charge in [-0.1, -0.05) is 24.3 Å². The number of aromatic nitrogens is 3. The molecule has 3 aromatic rings. The minimum atomic E-state index is -2.65. The van der Waals surface area contributed by atoms with Crippen LogP contribution in [0.1, 0.15) is 38.2 Å². The van der Waals surface area contributed by atoms with Crippen LogP contribution in [0.5, 0.6) is 0 Å². The molecule has 2 fully saturated rings. The maximum atomic E-state index is 13.6. The molecule has 1 saturated carbocycles. The fraction of sp³-hybridized carbons (Fsp3) is 0.444. The van der Waals surface area contributed by atoms with Crippen LogP contribution >= 0.6 is 0 Å². The van der Waals surface area contributed by atoms with Crippen LogP contribution in [0, 0.1) is 5.92 Å². The zero-order valence-electron chi connectivity index (χ0n) is 21.1. The number of piperazine rings is 1. The first kappa shape index (κ1) is 25.7. The molecule has 2 N–H and O–H groups in total. The Bertz CT molecular complexity index is 1330. The lowest BCUT2D eigenvalue weighted by atomic mass is 9.85. The highest BCUT2D eigenvalue weighted by atomic mass is 19.3. The quantitative estimate of drug-likeness (QED) is 0.511. The Morgan fingerprint density at radius 2 is 1.82 bits per heavy atom. The predicted octanol–water partition coefficient (Wildman–Crippen LogP) is 4.32. The van der Waals surface area contributed by atoms with Gasteiger partial charge in [0.1, 0.15) is 5.69 Å². The first-order valence-corrected chi connectivity index (χ1v) is 12.8. The lowest BCUT2D eigenvalue weighted by Gasteiger charge is -2.42. The third kappa shape index (κ3) is 5.36. The number of halogens is 2. The Hall–Kier alpha value is -3.89. The summed E-state index contributed by atoms with van der Waals surface area (Å²) in [6, 6.07) is 9.26. The molecule has 38 heavy (non-hydrogen) atoms. The van der Waals surface area contributed by atoms with E-state index in [1.165, 1.54) is 0 Å². The van der Waals surface area contributed by atoms with Crippen LogP contribution in [0.25, 0.3) is 22.0 Å². The number of amides is 2. The van der Waals surface area contributed by atoms with E-state index in [2.05, 4.69) is 25.4 Å². The molecule has 0 bridgehead atoms. The average molecular weight is 525 g/mol. The van der Waals surface area contributed by atoms with Gasteiger partial charge < -0.3 is 20.2 Å². The zero-order valence-corrected chi connectivity index (χ0v) is 21.1. The summed E-state index contributed by atoms with van der Waals surface area (Å²) in [5, 5.41) is 22.0. The molecule has 2 aromatic heterocycles. The maximum absolute atomic E-state index is 13.6. The first-order valence-electron chi connectivity index (χ1n) is 12.8. The van der Waals surface area contributed by atoms with Crippen molar-refractivity contribution in [3.8, 4) is 11.3 Å². The van der Waals surface area contributed by atoms with Crippen molar-refractivity contribution in [3.05, 3.63) is 48.3 Å².